The summed E-state index contributed by atoms with van der Waals surface area (Å²) in [7, 11) is 0. The topological polar surface area (TPSA) is 96.2 Å². The Labute approximate surface area is 204 Å². The molecule has 8 heteroatoms. The zero-order chi connectivity index (χ0) is 24.9. The molecule has 0 saturated heterocycles. The first-order valence-electron chi connectivity index (χ1n) is 12.2. The van der Waals surface area contributed by atoms with Crippen molar-refractivity contribution in [2.24, 2.45) is 5.92 Å². The number of amides is 2. The van der Waals surface area contributed by atoms with E-state index in [2.05, 4.69) is 15.7 Å². The van der Waals surface area contributed by atoms with Gasteiger partial charge in [0.15, 0.2) is 0 Å². The predicted molar refractivity (Wildman–Crippen MR) is 133 cm³/mol. The Hall–Kier alpha value is -3.68. The maximum Gasteiger partial charge on any atom is 0.342 e. The smallest absolute Gasteiger partial charge is 0.342 e. The van der Waals surface area contributed by atoms with Crippen molar-refractivity contribution >= 4 is 17.6 Å². The van der Waals surface area contributed by atoms with Crippen LogP contribution in [0.5, 0.6) is 5.75 Å². The van der Waals surface area contributed by atoms with E-state index in [1.807, 2.05) is 19.9 Å². The zero-order valence-corrected chi connectivity index (χ0v) is 20.1. The highest BCUT2D eigenvalue weighted by Crippen LogP contribution is 2.39. The monoisotopic (exact) mass is 478 g/mol. The van der Waals surface area contributed by atoms with E-state index in [4.69, 9.17) is 0 Å². The molecular formula is C27H31FN4O3. The van der Waals surface area contributed by atoms with Crippen molar-refractivity contribution in [1.29, 1.82) is 0 Å². The van der Waals surface area contributed by atoms with Gasteiger partial charge in [-0.05, 0) is 56.0 Å². The second-order valence-corrected chi connectivity index (χ2v) is 8.98. The van der Waals surface area contributed by atoms with E-state index in [-0.39, 0.29) is 35.9 Å². The molecule has 3 N–H and O–H groups in total. The van der Waals surface area contributed by atoms with E-state index in [9.17, 15) is 19.1 Å². The van der Waals surface area contributed by atoms with Gasteiger partial charge in [-0.25, -0.2) is 9.18 Å². The fourth-order valence-corrected chi connectivity index (χ4v) is 4.29. The number of carbonyl (C=O) groups is 2. The normalized spacial score (nSPS) is 13.5. The molecule has 2 amide bonds. The Morgan fingerprint density at radius 1 is 1.14 bits per heavy atom. The molecule has 0 unspecified atom stereocenters. The summed E-state index contributed by atoms with van der Waals surface area (Å²) >= 11 is 0. The Bertz CT molecular complexity index is 1210. The molecule has 1 fully saturated rings. The van der Waals surface area contributed by atoms with Crippen molar-refractivity contribution < 1.29 is 19.1 Å². The highest BCUT2D eigenvalue weighted by molar-refractivity contribution is 5.93. The van der Waals surface area contributed by atoms with Crippen molar-refractivity contribution in [3.63, 3.8) is 0 Å². The number of halogens is 1. The highest BCUT2D eigenvalue weighted by Gasteiger charge is 2.28. The van der Waals surface area contributed by atoms with Crippen LogP contribution < -0.4 is 10.6 Å². The van der Waals surface area contributed by atoms with E-state index < -0.39 is 6.03 Å². The molecule has 1 aromatic heterocycles. The molecule has 1 aliphatic rings. The standard InChI is InChI=1S/C27H31FN4O3/c1-3-17(4-2)26(34)30-20-12-13-25(33)21(14-20)23-15-24(18-9-7-10-18)32(31-23)27(35)29-16-19-8-5-6-11-22(19)28/h5-6,8,11-15,17-18,33H,3-4,7,9-10,16H2,1-2H3,(H,29,35)(H,30,34). The van der Waals surface area contributed by atoms with Crippen LogP contribution in [0.15, 0.2) is 48.5 Å². The number of nitrogens with zero attached hydrogens (tertiary/aromatic N) is 2. The van der Waals surface area contributed by atoms with Crippen molar-refractivity contribution in [3.8, 4) is 17.0 Å². The minimum absolute atomic E-state index is 0.00195. The average molecular weight is 479 g/mol. The Morgan fingerprint density at radius 3 is 2.54 bits per heavy atom. The third-order valence-corrected chi connectivity index (χ3v) is 6.74. The fourth-order valence-electron chi connectivity index (χ4n) is 4.29. The quantitative estimate of drug-likeness (QED) is 0.357. The molecule has 35 heavy (non-hydrogen) atoms. The number of hydrogen-bond donors (Lipinski definition) is 3. The molecule has 7 nitrogen and oxygen atoms in total. The number of aromatic nitrogens is 2. The molecule has 184 valence electrons. The second kappa shape index (κ2) is 10.7. The first kappa shape index (κ1) is 24.4. The lowest BCUT2D eigenvalue weighted by molar-refractivity contribution is -0.120. The molecule has 3 aromatic rings. The van der Waals surface area contributed by atoms with Gasteiger partial charge >= 0.3 is 6.03 Å². The first-order valence-corrected chi connectivity index (χ1v) is 12.2. The molecule has 4 rings (SSSR count). The summed E-state index contributed by atoms with van der Waals surface area (Å²) in [4.78, 5) is 25.6. The number of aromatic hydroxyl groups is 1. The van der Waals surface area contributed by atoms with Gasteiger partial charge in [0.2, 0.25) is 5.91 Å². The minimum Gasteiger partial charge on any atom is -0.507 e. The van der Waals surface area contributed by atoms with E-state index in [0.717, 1.165) is 37.8 Å². The van der Waals surface area contributed by atoms with Crippen molar-refractivity contribution in [2.45, 2.75) is 58.4 Å². The van der Waals surface area contributed by atoms with Gasteiger partial charge in [-0.2, -0.15) is 9.78 Å². The van der Waals surface area contributed by atoms with Gasteiger partial charge in [0.05, 0.1) is 11.4 Å². The molecule has 0 spiro atoms. The van der Waals surface area contributed by atoms with Gasteiger partial charge in [0.25, 0.3) is 0 Å². The molecule has 0 radical (unpaired) electrons. The van der Waals surface area contributed by atoms with Crippen LogP contribution in [-0.2, 0) is 11.3 Å². The van der Waals surface area contributed by atoms with Crippen LogP contribution in [0.4, 0.5) is 14.9 Å². The summed E-state index contributed by atoms with van der Waals surface area (Å²) in [5, 5.41) is 20.7. The van der Waals surface area contributed by atoms with E-state index in [1.165, 1.54) is 16.8 Å². The van der Waals surface area contributed by atoms with Crippen LogP contribution in [0, 0.1) is 11.7 Å². The third-order valence-electron chi connectivity index (χ3n) is 6.74. The van der Waals surface area contributed by atoms with Gasteiger partial charge < -0.3 is 15.7 Å². The van der Waals surface area contributed by atoms with Crippen LogP contribution in [0.3, 0.4) is 0 Å². The first-order chi connectivity index (χ1) is 16.9. The number of phenolic OH excluding ortho intramolecular Hbond substituents is 1. The van der Waals surface area contributed by atoms with Gasteiger partial charge in [0, 0.05) is 35.2 Å². The third kappa shape index (κ3) is 5.37. The number of nitrogens with one attached hydrogen (secondary N) is 2. The Morgan fingerprint density at radius 2 is 1.89 bits per heavy atom. The lowest BCUT2D eigenvalue weighted by Crippen LogP contribution is -2.31. The van der Waals surface area contributed by atoms with E-state index in [1.54, 1.807) is 30.3 Å². The maximum absolute atomic E-state index is 14.0. The summed E-state index contributed by atoms with van der Waals surface area (Å²) in [5.74, 6) is -0.350. The minimum atomic E-state index is -0.459. The fraction of sp³-hybridized carbons (Fsp3) is 0.370. The maximum atomic E-state index is 14.0. The number of rotatable bonds is 8. The summed E-state index contributed by atoms with van der Waals surface area (Å²) in [5.41, 5.74) is 2.55. The SMILES string of the molecule is CCC(CC)C(=O)Nc1ccc(O)c(-c2cc(C3CCC3)n(C(=O)NCc3ccccc3F)n2)c1. The van der Waals surface area contributed by atoms with E-state index in [0.29, 0.717) is 22.5 Å². The number of benzene rings is 2. The van der Waals surface area contributed by atoms with Gasteiger partial charge in [-0.3, -0.25) is 4.79 Å². The average Bonchev–Trinajstić information content (AvgIpc) is 3.23. The molecule has 1 heterocycles. The molecule has 0 bridgehead atoms. The summed E-state index contributed by atoms with van der Waals surface area (Å²) < 4.78 is 15.3. The van der Waals surface area contributed by atoms with Crippen molar-refractivity contribution in [2.75, 3.05) is 5.32 Å². The van der Waals surface area contributed by atoms with Gasteiger partial charge in [0.1, 0.15) is 11.6 Å². The number of carbonyl (C=O) groups excluding carboxylic acids is 2. The Kier molecular flexibility index (Phi) is 7.48. The van der Waals surface area contributed by atoms with Crippen LogP contribution in [0.25, 0.3) is 11.3 Å². The predicted octanol–water partition coefficient (Wildman–Crippen LogP) is 5.79. The second-order valence-electron chi connectivity index (χ2n) is 8.98. The number of anilines is 1. The zero-order valence-electron chi connectivity index (χ0n) is 20.1. The largest absolute Gasteiger partial charge is 0.507 e. The van der Waals surface area contributed by atoms with Gasteiger partial charge in [-0.1, -0.05) is 38.5 Å². The van der Waals surface area contributed by atoms with Crippen LogP contribution in [0.1, 0.15) is 63.1 Å². The van der Waals surface area contributed by atoms with Gasteiger partial charge in [-0.15, -0.1) is 0 Å². The van der Waals surface area contributed by atoms with Crippen molar-refractivity contribution in [1.82, 2.24) is 15.1 Å². The molecule has 2 aromatic carbocycles. The molecular weight excluding hydrogens is 447 g/mol. The molecule has 0 aliphatic heterocycles. The van der Waals surface area contributed by atoms with Crippen LogP contribution >= 0.6 is 0 Å². The van der Waals surface area contributed by atoms with Crippen molar-refractivity contribution in [3.05, 3.63) is 65.6 Å². The number of hydrogen-bond acceptors (Lipinski definition) is 4. The summed E-state index contributed by atoms with van der Waals surface area (Å²) in [6, 6.07) is 12.5. The Balaban J connectivity index is 1.60. The lowest BCUT2D eigenvalue weighted by Gasteiger charge is -2.25. The molecule has 0 atom stereocenters. The van der Waals surface area contributed by atoms with E-state index >= 15 is 0 Å². The lowest BCUT2D eigenvalue weighted by atomic mass is 9.82. The van der Waals surface area contributed by atoms with Crippen LogP contribution in [-0.4, -0.2) is 26.8 Å². The van der Waals surface area contributed by atoms with Crippen LogP contribution in [0.2, 0.25) is 0 Å². The summed E-state index contributed by atoms with van der Waals surface area (Å²) in [6.07, 6.45) is 4.45. The molecule has 1 saturated carbocycles. The summed E-state index contributed by atoms with van der Waals surface area (Å²) in [6.45, 7) is 3.98. The molecule has 1 aliphatic carbocycles. The number of phenols is 1. The highest BCUT2D eigenvalue weighted by atomic mass is 19.1.